The van der Waals surface area contributed by atoms with Gasteiger partial charge in [0.15, 0.2) is 0 Å². The summed E-state index contributed by atoms with van der Waals surface area (Å²) in [4.78, 5) is 23.2. The van der Waals surface area contributed by atoms with Gasteiger partial charge in [0.25, 0.3) is 0 Å². The van der Waals surface area contributed by atoms with Gasteiger partial charge in [-0.05, 0) is 31.4 Å². The first kappa shape index (κ1) is 12.7. The first-order chi connectivity index (χ1) is 9.63. The Morgan fingerprint density at radius 2 is 2.10 bits per heavy atom. The zero-order valence-corrected chi connectivity index (χ0v) is 11.2. The normalized spacial score (nSPS) is 14.2. The van der Waals surface area contributed by atoms with Crippen LogP contribution in [0.5, 0.6) is 0 Å². The molecule has 0 saturated heterocycles. The van der Waals surface area contributed by atoms with E-state index < -0.39 is 0 Å². The van der Waals surface area contributed by atoms with Crippen molar-refractivity contribution in [2.45, 2.75) is 26.2 Å². The molecular formula is C15H16N2O3. The fraction of sp³-hybridized carbons (Fsp3) is 0.333. The fourth-order valence-electron chi connectivity index (χ4n) is 2.12. The number of furan rings is 1. The first-order valence-corrected chi connectivity index (χ1v) is 6.69. The van der Waals surface area contributed by atoms with Gasteiger partial charge in [-0.2, -0.15) is 0 Å². The molecule has 1 heterocycles. The van der Waals surface area contributed by atoms with Crippen LogP contribution in [0, 0.1) is 12.8 Å². The third kappa shape index (κ3) is 2.66. The number of hydrogen-bond acceptors (Lipinski definition) is 3. The number of aryl methyl sites for hydroxylation is 1. The van der Waals surface area contributed by atoms with E-state index in [0.29, 0.717) is 0 Å². The number of nitrogens with one attached hydrogen (secondary N) is 2. The zero-order valence-electron chi connectivity index (χ0n) is 11.2. The minimum absolute atomic E-state index is 0.0769. The van der Waals surface area contributed by atoms with Gasteiger partial charge in [-0.15, -0.1) is 0 Å². The molecule has 1 saturated carbocycles. The van der Waals surface area contributed by atoms with Crippen molar-refractivity contribution in [1.82, 2.24) is 10.9 Å². The van der Waals surface area contributed by atoms with Gasteiger partial charge in [-0.25, -0.2) is 0 Å². The molecular weight excluding hydrogens is 256 g/mol. The molecule has 1 aromatic carbocycles. The minimum Gasteiger partial charge on any atom is -0.464 e. The summed E-state index contributed by atoms with van der Waals surface area (Å²) in [5, 5.41) is 0.930. The zero-order chi connectivity index (χ0) is 14.1. The molecule has 20 heavy (non-hydrogen) atoms. The van der Waals surface area contributed by atoms with Crippen LogP contribution in [0.2, 0.25) is 0 Å². The number of amides is 2. The standard InChI is InChI=1S/C15H16N2O3/c1-9-2-5-12-11(8-20-13(12)6-9)7-14(18)16-17-15(19)10-3-4-10/h2,5-6,8,10H,3-4,7H2,1H3,(H,16,18)(H,17,19). The molecule has 0 aliphatic heterocycles. The number of benzene rings is 1. The van der Waals surface area contributed by atoms with Gasteiger partial charge in [0.1, 0.15) is 5.58 Å². The Bertz CT molecular complexity index is 671. The number of fused-ring (bicyclic) bond motifs is 1. The molecule has 1 aliphatic rings. The predicted octanol–water partition coefficient (Wildman–Crippen LogP) is 1.84. The van der Waals surface area contributed by atoms with Crippen molar-refractivity contribution >= 4 is 22.8 Å². The molecule has 1 aromatic heterocycles. The molecule has 1 fully saturated rings. The van der Waals surface area contributed by atoms with Crippen LogP contribution in [-0.2, 0) is 16.0 Å². The van der Waals surface area contributed by atoms with Crippen LogP contribution in [0.15, 0.2) is 28.9 Å². The van der Waals surface area contributed by atoms with Crippen LogP contribution in [0.25, 0.3) is 11.0 Å². The smallest absolute Gasteiger partial charge is 0.242 e. The highest BCUT2D eigenvalue weighted by molar-refractivity contribution is 5.89. The Balaban J connectivity index is 1.63. The van der Waals surface area contributed by atoms with Crippen molar-refractivity contribution < 1.29 is 14.0 Å². The maximum atomic E-state index is 11.8. The molecule has 2 aromatic rings. The van der Waals surface area contributed by atoms with Gasteiger partial charge in [0.05, 0.1) is 12.7 Å². The number of carbonyl (C=O) groups excluding carboxylic acids is 2. The fourth-order valence-corrected chi connectivity index (χ4v) is 2.12. The number of carbonyl (C=O) groups is 2. The topological polar surface area (TPSA) is 71.3 Å². The minimum atomic E-state index is -0.248. The van der Waals surface area contributed by atoms with Gasteiger partial charge in [-0.3, -0.25) is 20.4 Å². The van der Waals surface area contributed by atoms with E-state index in [2.05, 4.69) is 10.9 Å². The molecule has 0 spiro atoms. The summed E-state index contributed by atoms with van der Waals surface area (Å²) in [6, 6.07) is 5.86. The molecule has 5 heteroatoms. The van der Waals surface area contributed by atoms with Crippen LogP contribution in [0.3, 0.4) is 0 Å². The molecule has 104 valence electrons. The summed E-state index contributed by atoms with van der Waals surface area (Å²) in [5.41, 5.74) is 7.58. The van der Waals surface area contributed by atoms with E-state index in [1.165, 1.54) is 0 Å². The highest BCUT2D eigenvalue weighted by Gasteiger charge is 2.29. The second-order valence-electron chi connectivity index (χ2n) is 5.25. The summed E-state index contributed by atoms with van der Waals surface area (Å²) >= 11 is 0. The summed E-state index contributed by atoms with van der Waals surface area (Å²) in [5.74, 6) is -0.277. The molecule has 2 N–H and O–H groups in total. The molecule has 0 atom stereocenters. The average Bonchev–Trinajstić information content (AvgIpc) is 3.20. The molecule has 5 nitrogen and oxygen atoms in total. The SMILES string of the molecule is Cc1ccc2c(CC(=O)NNC(=O)C3CC3)coc2c1. The van der Waals surface area contributed by atoms with Crippen molar-refractivity contribution in [1.29, 1.82) is 0 Å². The van der Waals surface area contributed by atoms with Gasteiger partial charge in [0, 0.05) is 16.9 Å². The van der Waals surface area contributed by atoms with Gasteiger partial charge >= 0.3 is 0 Å². The van der Waals surface area contributed by atoms with Gasteiger partial charge in [-0.1, -0.05) is 12.1 Å². The summed E-state index contributed by atoms with van der Waals surface area (Å²) in [7, 11) is 0. The highest BCUT2D eigenvalue weighted by Crippen LogP contribution is 2.28. The molecule has 0 radical (unpaired) electrons. The second-order valence-corrected chi connectivity index (χ2v) is 5.25. The van der Waals surface area contributed by atoms with Crippen LogP contribution in [-0.4, -0.2) is 11.8 Å². The molecule has 3 rings (SSSR count). The van der Waals surface area contributed by atoms with E-state index in [0.717, 1.165) is 34.9 Å². The Kier molecular flexibility index (Phi) is 3.18. The molecule has 0 unspecified atom stereocenters. The lowest BCUT2D eigenvalue weighted by atomic mass is 10.1. The van der Waals surface area contributed by atoms with Gasteiger partial charge < -0.3 is 4.42 Å². The molecule has 0 bridgehead atoms. The Morgan fingerprint density at radius 3 is 2.85 bits per heavy atom. The predicted molar refractivity (Wildman–Crippen MR) is 73.7 cm³/mol. The van der Waals surface area contributed by atoms with Crippen LogP contribution in [0.4, 0.5) is 0 Å². The maximum Gasteiger partial charge on any atom is 0.242 e. The van der Waals surface area contributed by atoms with E-state index in [4.69, 9.17) is 4.42 Å². The van der Waals surface area contributed by atoms with E-state index >= 15 is 0 Å². The number of rotatable bonds is 3. The lowest BCUT2D eigenvalue weighted by Gasteiger charge is -2.05. The Hall–Kier alpha value is -2.30. The Morgan fingerprint density at radius 1 is 1.30 bits per heavy atom. The summed E-state index contributed by atoms with van der Waals surface area (Å²) in [6.45, 7) is 1.99. The summed E-state index contributed by atoms with van der Waals surface area (Å²) < 4.78 is 5.44. The Labute approximate surface area is 116 Å². The van der Waals surface area contributed by atoms with Crippen LogP contribution in [0.1, 0.15) is 24.0 Å². The quantitative estimate of drug-likeness (QED) is 0.837. The van der Waals surface area contributed by atoms with Crippen molar-refractivity contribution in [3.63, 3.8) is 0 Å². The van der Waals surface area contributed by atoms with E-state index in [-0.39, 0.29) is 24.2 Å². The summed E-state index contributed by atoms with van der Waals surface area (Å²) in [6.07, 6.45) is 3.59. The number of hydrogen-bond donors (Lipinski definition) is 2. The lowest BCUT2D eigenvalue weighted by molar-refractivity contribution is -0.129. The first-order valence-electron chi connectivity index (χ1n) is 6.69. The van der Waals surface area contributed by atoms with Crippen LogP contribution >= 0.6 is 0 Å². The van der Waals surface area contributed by atoms with Crippen molar-refractivity contribution in [3.8, 4) is 0 Å². The molecule has 2 amide bonds. The van der Waals surface area contributed by atoms with E-state index in [9.17, 15) is 9.59 Å². The van der Waals surface area contributed by atoms with E-state index in [1.807, 2.05) is 25.1 Å². The largest absolute Gasteiger partial charge is 0.464 e. The third-order valence-electron chi connectivity index (χ3n) is 3.44. The van der Waals surface area contributed by atoms with Crippen molar-refractivity contribution in [2.75, 3.05) is 0 Å². The second kappa shape index (κ2) is 5.00. The van der Waals surface area contributed by atoms with Crippen LogP contribution < -0.4 is 10.9 Å². The monoisotopic (exact) mass is 272 g/mol. The average molecular weight is 272 g/mol. The third-order valence-corrected chi connectivity index (χ3v) is 3.44. The molecule has 1 aliphatic carbocycles. The van der Waals surface area contributed by atoms with E-state index in [1.54, 1.807) is 6.26 Å². The highest BCUT2D eigenvalue weighted by atomic mass is 16.3. The van der Waals surface area contributed by atoms with Crippen molar-refractivity contribution in [3.05, 3.63) is 35.6 Å². The van der Waals surface area contributed by atoms with Crippen molar-refractivity contribution in [2.24, 2.45) is 5.92 Å². The maximum absolute atomic E-state index is 11.8. The number of hydrazine groups is 1. The lowest BCUT2D eigenvalue weighted by Crippen LogP contribution is -2.43. The van der Waals surface area contributed by atoms with Gasteiger partial charge in [0.2, 0.25) is 11.8 Å².